The molecule has 2 aliphatic heterocycles. The van der Waals surface area contributed by atoms with Gasteiger partial charge in [0.2, 0.25) is 11.8 Å². The van der Waals surface area contributed by atoms with Gasteiger partial charge in [-0.1, -0.05) is 65.9 Å². The van der Waals surface area contributed by atoms with Crippen molar-refractivity contribution >= 4 is 40.6 Å². The Bertz CT molecular complexity index is 1840. The summed E-state index contributed by atoms with van der Waals surface area (Å²) in [6.45, 7) is 0.422. The van der Waals surface area contributed by atoms with E-state index in [-0.39, 0.29) is 33.8 Å². The number of carbonyl (C=O) groups is 2. The summed E-state index contributed by atoms with van der Waals surface area (Å²) in [5.74, 6) is -2.42. The monoisotopic (exact) mass is 634 g/mol. The Morgan fingerprint density at radius 1 is 0.864 bits per heavy atom. The largest absolute Gasteiger partial charge is 0.489 e. The lowest BCUT2D eigenvalue weighted by molar-refractivity contribution is -0.137. The molecule has 3 aromatic carbocycles. The number of H-pyrrole nitrogens is 1. The van der Waals surface area contributed by atoms with E-state index in [2.05, 4.69) is 4.98 Å². The summed E-state index contributed by atoms with van der Waals surface area (Å²) in [5.41, 5.74) is 0.632. The van der Waals surface area contributed by atoms with Gasteiger partial charge in [0.1, 0.15) is 12.4 Å². The SMILES string of the molecule is O=C1C2C(C(=O)N1c1ccccc1C(F)(F)F)[C@@H]1C[C@H]2C2Sc3[nH]c(=O)sc3C(c3ccc(OCc4ccccc4)cc3)C21. The average molecular weight is 635 g/mol. The smallest absolute Gasteiger partial charge is 0.418 e. The van der Waals surface area contributed by atoms with Crippen molar-refractivity contribution in [3.05, 3.63) is 110 Å². The van der Waals surface area contributed by atoms with E-state index in [1.807, 2.05) is 54.6 Å². The van der Waals surface area contributed by atoms with Gasteiger partial charge in [-0.05, 0) is 59.6 Å². The minimum atomic E-state index is -4.71. The van der Waals surface area contributed by atoms with Crippen molar-refractivity contribution in [2.45, 2.75) is 35.4 Å². The number of halogens is 3. The van der Waals surface area contributed by atoms with E-state index in [0.29, 0.717) is 18.8 Å². The van der Waals surface area contributed by atoms with E-state index in [0.717, 1.165) is 43.3 Å². The number of hydrogen-bond acceptors (Lipinski definition) is 6. The van der Waals surface area contributed by atoms with Crippen LogP contribution < -0.4 is 14.5 Å². The van der Waals surface area contributed by atoms with Gasteiger partial charge < -0.3 is 9.72 Å². The molecule has 6 nitrogen and oxygen atoms in total. The molecule has 0 radical (unpaired) electrons. The number of nitrogens with zero attached hydrogens (tertiary/aromatic N) is 1. The zero-order valence-electron chi connectivity index (χ0n) is 23.0. The highest BCUT2D eigenvalue weighted by Gasteiger charge is 2.70. The number of anilines is 1. The number of rotatable bonds is 5. The van der Waals surface area contributed by atoms with Crippen LogP contribution in [0.25, 0.3) is 0 Å². The Balaban J connectivity index is 1.13. The van der Waals surface area contributed by atoms with Crippen LogP contribution in [0.15, 0.2) is 88.7 Å². The van der Waals surface area contributed by atoms with E-state index in [1.54, 1.807) is 11.8 Å². The molecule has 7 atom stereocenters. The zero-order chi connectivity index (χ0) is 30.3. The minimum Gasteiger partial charge on any atom is -0.489 e. The second-order valence-electron chi connectivity index (χ2n) is 11.8. The van der Waals surface area contributed by atoms with E-state index < -0.39 is 41.1 Å². The molecule has 0 spiro atoms. The maximum atomic E-state index is 13.9. The predicted octanol–water partition coefficient (Wildman–Crippen LogP) is 6.71. The molecule has 2 bridgehead atoms. The van der Waals surface area contributed by atoms with Crippen LogP contribution in [0.2, 0.25) is 0 Å². The molecule has 2 saturated carbocycles. The number of aromatic nitrogens is 1. The number of para-hydroxylation sites is 1. The van der Waals surface area contributed by atoms with E-state index in [4.69, 9.17) is 4.74 Å². The number of thioether (sulfide) groups is 1. The van der Waals surface area contributed by atoms with Gasteiger partial charge in [0.05, 0.1) is 28.1 Å². The number of hydrogen-bond donors (Lipinski definition) is 1. The molecule has 8 rings (SSSR count). The lowest BCUT2D eigenvalue weighted by Crippen LogP contribution is -2.42. The molecule has 4 aromatic rings. The fraction of sp³-hybridized carbons (Fsp3) is 0.303. The molecule has 1 aromatic heterocycles. The van der Waals surface area contributed by atoms with Crippen LogP contribution in [-0.2, 0) is 22.4 Å². The van der Waals surface area contributed by atoms with Crippen molar-refractivity contribution in [1.82, 2.24) is 4.98 Å². The molecule has 4 aliphatic rings. The first kappa shape index (κ1) is 27.7. The topological polar surface area (TPSA) is 79.5 Å². The number of benzene rings is 3. The van der Waals surface area contributed by atoms with Crippen molar-refractivity contribution in [3.63, 3.8) is 0 Å². The second-order valence-corrected chi connectivity index (χ2v) is 14.0. The number of nitrogens with one attached hydrogen (secondary N) is 1. The molecule has 224 valence electrons. The molecular weight excluding hydrogens is 610 g/mol. The van der Waals surface area contributed by atoms with Crippen LogP contribution in [0.5, 0.6) is 5.75 Å². The van der Waals surface area contributed by atoms with Crippen molar-refractivity contribution in [2.24, 2.45) is 29.6 Å². The number of imide groups is 1. The van der Waals surface area contributed by atoms with Gasteiger partial charge in [0.25, 0.3) is 0 Å². The lowest BCUT2D eigenvalue weighted by atomic mass is 9.68. The normalized spacial score (nSPS) is 28.6. The fourth-order valence-electron chi connectivity index (χ4n) is 8.05. The van der Waals surface area contributed by atoms with Gasteiger partial charge in [0.15, 0.2) is 0 Å². The summed E-state index contributed by atoms with van der Waals surface area (Å²) in [4.78, 5) is 44.8. The fourth-order valence-corrected chi connectivity index (χ4v) is 10.9. The summed E-state index contributed by atoms with van der Waals surface area (Å²) in [6, 6.07) is 22.4. The first-order chi connectivity index (χ1) is 21.2. The predicted molar refractivity (Wildman–Crippen MR) is 160 cm³/mol. The van der Waals surface area contributed by atoms with Gasteiger partial charge in [0, 0.05) is 16.0 Å². The minimum absolute atomic E-state index is 0.0594. The zero-order valence-corrected chi connectivity index (χ0v) is 24.6. The highest BCUT2D eigenvalue weighted by Crippen LogP contribution is 2.68. The Hall–Kier alpha value is -3.83. The first-order valence-corrected chi connectivity index (χ1v) is 16.1. The average Bonchev–Trinajstić information content (AvgIpc) is 3.75. The molecule has 3 fully saturated rings. The Kier molecular flexibility index (Phi) is 6.36. The van der Waals surface area contributed by atoms with Crippen molar-refractivity contribution in [2.75, 3.05) is 4.90 Å². The molecule has 5 unspecified atom stereocenters. The molecule has 2 amide bonds. The van der Waals surface area contributed by atoms with Gasteiger partial charge in [-0.3, -0.25) is 14.4 Å². The van der Waals surface area contributed by atoms with Crippen LogP contribution in [0.4, 0.5) is 18.9 Å². The van der Waals surface area contributed by atoms with Gasteiger partial charge >= 0.3 is 11.0 Å². The number of alkyl halides is 3. The van der Waals surface area contributed by atoms with Crippen LogP contribution in [0, 0.1) is 29.6 Å². The molecule has 3 heterocycles. The van der Waals surface area contributed by atoms with E-state index >= 15 is 0 Å². The highest BCUT2D eigenvalue weighted by molar-refractivity contribution is 8.00. The van der Waals surface area contributed by atoms with Gasteiger partial charge in [-0.2, -0.15) is 13.2 Å². The third-order valence-corrected chi connectivity index (χ3v) is 12.3. The number of fused-ring (bicyclic) bond motifs is 9. The number of aromatic amines is 1. The number of amides is 2. The Morgan fingerprint density at radius 2 is 1.55 bits per heavy atom. The van der Waals surface area contributed by atoms with Crippen LogP contribution >= 0.6 is 23.1 Å². The molecule has 2 aliphatic carbocycles. The molecule has 44 heavy (non-hydrogen) atoms. The van der Waals surface area contributed by atoms with E-state index in [9.17, 15) is 27.6 Å². The number of carbonyl (C=O) groups excluding carboxylic acids is 2. The third kappa shape index (κ3) is 4.19. The second kappa shape index (κ2) is 10.1. The third-order valence-electron chi connectivity index (χ3n) is 9.66. The van der Waals surface area contributed by atoms with Crippen LogP contribution in [0.1, 0.15) is 33.9 Å². The maximum Gasteiger partial charge on any atom is 0.418 e. The van der Waals surface area contributed by atoms with Gasteiger partial charge in [-0.25, -0.2) is 4.90 Å². The lowest BCUT2D eigenvalue weighted by Gasteiger charge is -2.43. The first-order valence-electron chi connectivity index (χ1n) is 14.4. The summed E-state index contributed by atoms with van der Waals surface area (Å²) in [6.07, 6.45) is -4.06. The molecule has 1 saturated heterocycles. The summed E-state index contributed by atoms with van der Waals surface area (Å²) in [5, 5.41) is 0.711. The summed E-state index contributed by atoms with van der Waals surface area (Å²) >= 11 is 2.70. The quantitative estimate of drug-likeness (QED) is 0.247. The van der Waals surface area contributed by atoms with Gasteiger partial charge in [-0.15, -0.1) is 11.8 Å². The summed E-state index contributed by atoms with van der Waals surface area (Å²) in [7, 11) is 0. The highest BCUT2D eigenvalue weighted by atomic mass is 32.2. The maximum absolute atomic E-state index is 13.9. The Morgan fingerprint density at radius 3 is 2.27 bits per heavy atom. The van der Waals surface area contributed by atoms with Crippen LogP contribution in [0.3, 0.4) is 0 Å². The van der Waals surface area contributed by atoms with Crippen LogP contribution in [-0.4, -0.2) is 22.0 Å². The number of ether oxygens (including phenoxy) is 1. The van der Waals surface area contributed by atoms with Crippen molar-refractivity contribution in [3.8, 4) is 5.75 Å². The molecule has 1 N–H and O–H groups in total. The van der Waals surface area contributed by atoms with Crippen molar-refractivity contribution < 1.29 is 27.5 Å². The van der Waals surface area contributed by atoms with Crippen molar-refractivity contribution in [1.29, 1.82) is 0 Å². The van der Waals surface area contributed by atoms with E-state index in [1.165, 1.54) is 18.2 Å². The summed E-state index contributed by atoms with van der Waals surface area (Å²) < 4.78 is 47.7. The standard InChI is InChI=1S/C33H25F3N2O4S2/c34-33(35,36)21-8-4-5-9-22(21)38-30(39)25-19-14-20(26(25)31(38)40)27-24(19)23(28-29(43-27)37-32(41)44-28)17-10-12-18(13-11-17)42-15-16-6-2-1-3-7-16/h1-13,19-20,23-27H,14-15H2,(H,37,41)/t19-,20-,23?,24?,25?,26?,27?/m1/s1. The molecule has 11 heteroatoms. The number of thiazole rings is 1. The Labute approximate surface area is 258 Å². The molecular formula is C33H25F3N2O4S2.